The predicted octanol–water partition coefficient (Wildman–Crippen LogP) is 1.34. The molecule has 0 saturated heterocycles. The van der Waals surface area contributed by atoms with Crippen molar-refractivity contribution < 1.29 is 4.79 Å². The lowest BCUT2D eigenvalue weighted by Crippen LogP contribution is -2.19. The van der Waals surface area contributed by atoms with Crippen molar-refractivity contribution >= 4 is 23.2 Å². The maximum atomic E-state index is 11.8. The molecule has 7 heteroatoms. The quantitative estimate of drug-likeness (QED) is 0.884. The summed E-state index contributed by atoms with van der Waals surface area (Å²) in [5.41, 5.74) is 7.68. The molecule has 2 rings (SSSR count). The molecule has 0 atom stereocenters. The SMILES string of the molecule is Cc1ccc(NC(=O)Cn2cc(CN)nn2)cc1Cl. The molecule has 1 aromatic carbocycles. The molecule has 1 heterocycles. The van der Waals surface area contributed by atoms with E-state index in [1.54, 1.807) is 18.3 Å². The van der Waals surface area contributed by atoms with Crippen LogP contribution in [0.1, 0.15) is 11.3 Å². The summed E-state index contributed by atoms with van der Waals surface area (Å²) in [5, 5.41) is 11.0. The molecule has 2 aromatic rings. The van der Waals surface area contributed by atoms with Crippen LogP contribution in [-0.2, 0) is 17.9 Å². The fraction of sp³-hybridized carbons (Fsp3) is 0.250. The van der Waals surface area contributed by atoms with Crippen molar-refractivity contribution in [3.63, 3.8) is 0 Å². The van der Waals surface area contributed by atoms with Gasteiger partial charge in [-0.2, -0.15) is 0 Å². The molecule has 0 aliphatic heterocycles. The summed E-state index contributed by atoms with van der Waals surface area (Å²) in [4.78, 5) is 11.8. The Morgan fingerprint density at radius 3 is 2.95 bits per heavy atom. The number of carbonyl (C=O) groups excluding carboxylic acids is 1. The van der Waals surface area contributed by atoms with Gasteiger partial charge in [0, 0.05) is 17.3 Å². The first-order valence-electron chi connectivity index (χ1n) is 5.73. The van der Waals surface area contributed by atoms with E-state index in [-0.39, 0.29) is 12.5 Å². The number of benzene rings is 1. The molecule has 0 radical (unpaired) electrons. The number of carbonyl (C=O) groups is 1. The van der Waals surface area contributed by atoms with E-state index in [1.807, 2.05) is 13.0 Å². The van der Waals surface area contributed by atoms with E-state index >= 15 is 0 Å². The van der Waals surface area contributed by atoms with E-state index in [2.05, 4.69) is 15.6 Å². The summed E-state index contributed by atoms with van der Waals surface area (Å²) in [6.45, 7) is 2.28. The molecule has 0 bridgehead atoms. The van der Waals surface area contributed by atoms with Gasteiger partial charge < -0.3 is 11.1 Å². The lowest BCUT2D eigenvalue weighted by Gasteiger charge is -2.06. The zero-order valence-corrected chi connectivity index (χ0v) is 11.2. The normalized spacial score (nSPS) is 10.5. The molecule has 19 heavy (non-hydrogen) atoms. The number of halogens is 1. The van der Waals surface area contributed by atoms with E-state index in [4.69, 9.17) is 17.3 Å². The van der Waals surface area contributed by atoms with E-state index in [9.17, 15) is 4.79 Å². The molecule has 100 valence electrons. The number of aryl methyl sites for hydroxylation is 1. The Hall–Kier alpha value is -1.92. The van der Waals surface area contributed by atoms with Crippen LogP contribution in [-0.4, -0.2) is 20.9 Å². The molecule has 0 aliphatic rings. The molecule has 0 spiro atoms. The highest BCUT2D eigenvalue weighted by Gasteiger charge is 2.06. The van der Waals surface area contributed by atoms with Crippen LogP contribution in [0.5, 0.6) is 0 Å². The monoisotopic (exact) mass is 279 g/mol. The highest BCUT2D eigenvalue weighted by atomic mass is 35.5. The van der Waals surface area contributed by atoms with Crippen LogP contribution in [0.3, 0.4) is 0 Å². The zero-order chi connectivity index (χ0) is 13.8. The summed E-state index contributed by atoms with van der Waals surface area (Å²) in [7, 11) is 0. The van der Waals surface area contributed by atoms with Gasteiger partial charge in [0.05, 0.1) is 11.9 Å². The van der Waals surface area contributed by atoms with Crippen molar-refractivity contribution in [3.8, 4) is 0 Å². The van der Waals surface area contributed by atoms with E-state index in [0.29, 0.717) is 22.9 Å². The first kappa shape index (κ1) is 13.5. The Balaban J connectivity index is 1.98. The van der Waals surface area contributed by atoms with Crippen molar-refractivity contribution in [1.29, 1.82) is 0 Å². The molecule has 0 fully saturated rings. The number of nitrogens with zero attached hydrogens (tertiary/aromatic N) is 3. The molecule has 6 nitrogen and oxygen atoms in total. The minimum atomic E-state index is -0.201. The third-order valence-electron chi connectivity index (χ3n) is 2.56. The standard InChI is InChI=1S/C12H14ClN5O/c1-8-2-3-9(4-11(8)13)15-12(19)7-18-6-10(5-14)16-17-18/h2-4,6H,5,7,14H2,1H3,(H,15,19). The third-order valence-corrected chi connectivity index (χ3v) is 2.96. The molecule has 3 N–H and O–H groups in total. The van der Waals surface area contributed by atoms with Gasteiger partial charge >= 0.3 is 0 Å². The molecule has 0 aliphatic carbocycles. The van der Waals surface area contributed by atoms with Gasteiger partial charge in [-0.3, -0.25) is 4.79 Å². The van der Waals surface area contributed by atoms with Crippen molar-refractivity contribution in [2.45, 2.75) is 20.0 Å². The number of nitrogens with one attached hydrogen (secondary N) is 1. The van der Waals surface area contributed by atoms with Gasteiger partial charge in [-0.15, -0.1) is 5.10 Å². The van der Waals surface area contributed by atoms with Gasteiger partial charge in [0.25, 0.3) is 0 Å². The Morgan fingerprint density at radius 1 is 1.53 bits per heavy atom. The second-order valence-electron chi connectivity index (χ2n) is 4.12. The highest BCUT2D eigenvalue weighted by molar-refractivity contribution is 6.31. The van der Waals surface area contributed by atoms with Crippen LogP contribution in [0, 0.1) is 6.92 Å². The molecule has 0 unspecified atom stereocenters. The minimum absolute atomic E-state index is 0.0818. The predicted molar refractivity (Wildman–Crippen MR) is 72.7 cm³/mol. The average Bonchev–Trinajstić information content (AvgIpc) is 2.81. The fourth-order valence-corrected chi connectivity index (χ4v) is 1.71. The van der Waals surface area contributed by atoms with Crippen LogP contribution in [0.4, 0.5) is 5.69 Å². The van der Waals surface area contributed by atoms with Crippen LogP contribution in [0.2, 0.25) is 5.02 Å². The maximum Gasteiger partial charge on any atom is 0.246 e. The van der Waals surface area contributed by atoms with Crippen molar-refractivity contribution in [3.05, 3.63) is 40.7 Å². The number of nitrogens with two attached hydrogens (primary N) is 1. The van der Waals surface area contributed by atoms with Gasteiger partial charge in [-0.25, -0.2) is 4.68 Å². The van der Waals surface area contributed by atoms with Crippen molar-refractivity contribution in [2.75, 3.05) is 5.32 Å². The summed E-state index contributed by atoms with van der Waals surface area (Å²) in [6.07, 6.45) is 1.64. The first-order valence-corrected chi connectivity index (χ1v) is 6.11. The summed E-state index contributed by atoms with van der Waals surface area (Å²) < 4.78 is 1.44. The Bertz CT molecular complexity index is 596. The molecular weight excluding hydrogens is 266 g/mol. The van der Waals surface area contributed by atoms with Crippen LogP contribution < -0.4 is 11.1 Å². The van der Waals surface area contributed by atoms with Crippen molar-refractivity contribution in [1.82, 2.24) is 15.0 Å². The summed E-state index contributed by atoms with van der Waals surface area (Å²) in [6, 6.07) is 5.35. The number of anilines is 1. The summed E-state index contributed by atoms with van der Waals surface area (Å²) in [5.74, 6) is -0.201. The maximum absolute atomic E-state index is 11.8. The van der Waals surface area contributed by atoms with E-state index in [1.165, 1.54) is 4.68 Å². The van der Waals surface area contributed by atoms with Crippen LogP contribution in [0.25, 0.3) is 0 Å². The first-order chi connectivity index (χ1) is 9.08. The second-order valence-corrected chi connectivity index (χ2v) is 4.53. The Morgan fingerprint density at radius 2 is 2.32 bits per heavy atom. The second kappa shape index (κ2) is 5.81. The van der Waals surface area contributed by atoms with Gasteiger partial charge in [-0.1, -0.05) is 22.9 Å². The Labute approximate surface area is 115 Å². The molecular formula is C12H14ClN5O. The Kier molecular flexibility index (Phi) is 4.13. The van der Waals surface area contributed by atoms with Crippen LogP contribution >= 0.6 is 11.6 Å². The average molecular weight is 280 g/mol. The van der Waals surface area contributed by atoms with E-state index < -0.39 is 0 Å². The lowest BCUT2D eigenvalue weighted by molar-refractivity contribution is -0.116. The number of hydrogen-bond acceptors (Lipinski definition) is 4. The zero-order valence-electron chi connectivity index (χ0n) is 10.4. The molecule has 1 aromatic heterocycles. The highest BCUT2D eigenvalue weighted by Crippen LogP contribution is 2.19. The largest absolute Gasteiger partial charge is 0.325 e. The topological polar surface area (TPSA) is 85.8 Å². The van der Waals surface area contributed by atoms with E-state index in [0.717, 1.165) is 5.56 Å². The van der Waals surface area contributed by atoms with Crippen LogP contribution in [0.15, 0.2) is 24.4 Å². The molecule has 1 amide bonds. The number of hydrogen-bond donors (Lipinski definition) is 2. The van der Waals surface area contributed by atoms with Gasteiger partial charge in [0.1, 0.15) is 6.54 Å². The minimum Gasteiger partial charge on any atom is -0.325 e. The number of amides is 1. The third kappa shape index (κ3) is 3.52. The summed E-state index contributed by atoms with van der Waals surface area (Å²) >= 11 is 5.99. The lowest BCUT2D eigenvalue weighted by atomic mass is 10.2. The van der Waals surface area contributed by atoms with Crippen molar-refractivity contribution in [2.24, 2.45) is 5.73 Å². The molecule has 0 saturated carbocycles. The van der Waals surface area contributed by atoms with Gasteiger partial charge in [0.15, 0.2) is 0 Å². The van der Waals surface area contributed by atoms with Gasteiger partial charge in [-0.05, 0) is 24.6 Å². The smallest absolute Gasteiger partial charge is 0.246 e. The van der Waals surface area contributed by atoms with Gasteiger partial charge in [0.2, 0.25) is 5.91 Å². The number of aromatic nitrogens is 3. The fourth-order valence-electron chi connectivity index (χ4n) is 1.53. The number of rotatable bonds is 4.